The Kier molecular flexibility index (Phi) is 4.43. The molecule has 0 saturated carbocycles. The van der Waals surface area contributed by atoms with E-state index in [1.54, 1.807) is 6.07 Å². The molecule has 0 fully saturated rings. The summed E-state index contributed by atoms with van der Waals surface area (Å²) in [5.74, 6) is 0.173. The molecule has 1 aromatic rings. The number of rotatable bonds is 5. The predicted octanol–water partition coefficient (Wildman–Crippen LogP) is 1.86. The van der Waals surface area contributed by atoms with Crippen LogP contribution in [0.4, 0.5) is 5.69 Å². The minimum absolute atomic E-state index is 0.173. The van der Waals surface area contributed by atoms with Crippen LogP contribution in [0.2, 0.25) is 0 Å². The van der Waals surface area contributed by atoms with Crippen molar-refractivity contribution in [2.75, 3.05) is 26.4 Å². The zero-order valence-electron chi connectivity index (χ0n) is 9.53. The monoisotopic (exact) mass is 208 g/mol. The summed E-state index contributed by atoms with van der Waals surface area (Å²) in [4.78, 5) is 2.19. The van der Waals surface area contributed by atoms with Gasteiger partial charge in [-0.05, 0) is 57.6 Å². The van der Waals surface area contributed by atoms with Crippen LogP contribution in [0.15, 0.2) is 18.2 Å². The molecule has 0 spiro atoms. The molecule has 3 N–H and O–H groups in total. The summed E-state index contributed by atoms with van der Waals surface area (Å²) < 4.78 is 0. The van der Waals surface area contributed by atoms with Gasteiger partial charge in [0, 0.05) is 0 Å². The molecule has 1 aromatic carbocycles. The standard InChI is InChI=1S/C12H20N2O/c1-14(2)8-4-3-5-10-6-7-12(15)11(13)9-10/h6-7,9,15H,3-5,8,13H2,1-2H3. The quantitative estimate of drug-likeness (QED) is 0.441. The molecule has 0 unspecified atom stereocenters. The minimum atomic E-state index is 0.173. The largest absolute Gasteiger partial charge is 0.506 e. The van der Waals surface area contributed by atoms with Crippen LogP contribution in [0.1, 0.15) is 18.4 Å². The van der Waals surface area contributed by atoms with E-state index in [0.717, 1.165) is 19.4 Å². The lowest BCUT2D eigenvalue weighted by Gasteiger charge is -2.09. The van der Waals surface area contributed by atoms with E-state index in [0.29, 0.717) is 5.69 Å². The number of nitrogen functional groups attached to an aromatic ring is 1. The lowest BCUT2D eigenvalue weighted by molar-refractivity contribution is 0.394. The van der Waals surface area contributed by atoms with Gasteiger partial charge >= 0.3 is 0 Å². The highest BCUT2D eigenvalue weighted by Gasteiger charge is 1.99. The van der Waals surface area contributed by atoms with Crippen LogP contribution >= 0.6 is 0 Å². The average Bonchev–Trinajstić information content (AvgIpc) is 2.18. The number of phenols is 1. The molecule has 0 aliphatic rings. The normalized spacial score (nSPS) is 10.9. The van der Waals surface area contributed by atoms with Crippen molar-refractivity contribution in [3.05, 3.63) is 23.8 Å². The molecule has 0 aromatic heterocycles. The lowest BCUT2D eigenvalue weighted by Crippen LogP contribution is -2.12. The molecule has 0 heterocycles. The maximum atomic E-state index is 9.26. The van der Waals surface area contributed by atoms with Crippen LogP contribution < -0.4 is 5.73 Å². The van der Waals surface area contributed by atoms with E-state index >= 15 is 0 Å². The molecular weight excluding hydrogens is 188 g/mol. The Morgan fingerprint density at radius 3 is 2.60 bits per heavy atom. The highest BCUT2D eigenvalue weighted by molar-refractivity contribution is 5.53. The molecule has 0 bridgehead atoms. The smallest absolute Gasteiger partial charge is 0.138 e. The summed E-state index contributed by atoms with van der Waals surface area (Å²) >= 11 is 0. The van der Waals surface area contributed by atoms with Crippen molar-refractivity contribution < 1.29 is 5.11 Å². The molecule has 3 nitrogen and oxygen atoms in total. The van der Waals surface area contributed by atoms with Crippen LogP contribution in [-0.4, -0.2) is 30.6 Å². The van der Waals surface area contributed by atoms with E-state index < -0.39 is 0 Å². The average molecular weight is 208 g/mol. The number of unbranched alkanes of at least 4 members (excludes halogenated alkanes) is 1. The molecule has 3 heteroatoms. The van der Waals surface area contributed by atoms with Gasteiger partial charge in [-0.15, -0.1) is 0 Å². The summed E-state index contributed by atoms with van der Waals surface area (Å²) in [7, 11) is 4.16. The number of aryl methyl sites for hydroxylation is 1. The van der Waals surface area contributed by atoms with Gasteiger partial charge in [0.05, 0.1) is 5.69 Å². The number of hydrogen-bond donors (Lipinski definition) is 2. The van der Waals surface area contributed by atoms with Gasteiger partial charge in [0.2, 0.25) is 0 Å². The third-order valence-corrected chi connectivity index (χ3v) is 2.41. The summed E-state index contributed by atoms with van der Waals surface area (Å²) in [5.41, 5.74) is 7.29. The second kappa shape index (κ2) is 5.61. The van der Waals surface area contributed by atoms with Crippen molar-refractivity contribution >= 4 is 5.69 Å². The number of nitrogens with two attached hydrogens (primary N) is 1. The first-order valence-corrected chi connectivity index (χ1v) is 5.31. The zero-order chi connectivity index (χ0) is 11.3. The van der Waals surface area contributed by atoms with Crippen molar-refractivity contribution in [2.24, 2.45) is 0 Å². The molecule has 84 valence electrons. The summed E-state index contributed by atoms with van der Waals surface area (Å²) in [5, 5.41) is 9.26. The van der Waals surface area contributed by atoms with Gasteiger partial charge < -0.3 is 15.7 Å². The second-order valence-corrected chi connectivity index (χ2v) is 4.15. The molecule has 1 rings (SSSR count). The lowest BCUT2D eigenvalue weighted by atomic mass is 10.1. The summed E-state index contributed by atoms with van der Waals surface area (Å²) in [6.45, 7) is 1.12. The van der Waals surface area contributed by atoms with E-state index in [2.05, 4.69) is 19.0 Å². The summed E-state index contributed by atoms with van der Waals surface area (Å²) in [6, 6.07) is 5.45. The number of benzene rings is 1. The molecule has 0 radical (unpaired) electrons. The van der Waals surface area contributed by atoms with Gasteiger partial charge in [0.25, 0.3) is 0 Å². The van der Waals surface area contributed by atoms with Gasteiger partial charge in [-0.3, -0.25) is 0 Å². The SMILES string of the molecule is CN(C)CCCCc1ccc(O)c(N)c1. The van der Waals surface area contributed by atoms with Crippen molar-refractivity contribution in [1.82, 2.24) is 4.90 Å². The Morgan fingerprint density at radius 1 is 1.27 bits per heavy atom. The van der Waals surface area contributed by atoms with Gasteiger partial charge in [-0.25, -0.2) is 0 Å². The molecule has 15 heavy (non-hydrogen) atoms. The van der Waals surface area contributed by atoms with Crippen molar-refractivity contribution in [3.8, 4) is 5.75 Å². The number of anilines is 1. The first-order chi connectivity index (χ1) is 7.09. The Hall–Kier alpha value is -1.22. The highest BCUT2D eigenvalue weighted by atomic mass is 16.3. The number of aromatic hydroxyl groups is 1. The first kappa shape index (κ1) is 11.9. The van der Waals surface area contributed by atoms with E-state index in [4.69, 9.17) is 5.73 Å². The predicted molar refractivity (Wildman–Crippen MR) is 64.0 cm³/mol. The van der Waals surface area contributed by atoms with Crippen LogP contribution in [0.5, 0.6) is 5.75 Å². The fourth-order valence-corrected chi connectivity index (χ4v) is 1.52. The minimum Gasteiger partial charge on any atom is -0.506 e. The van der Waals surface area contributed by atoms with Crippen molar-refractivity contribution in [3.63, 3.8) is 0 Å². The molecule has 0 atom stereocenters. The van der Waals surface area contributed by atoms with E-state index in [1.807, 2.05) is 12.1 Å². The highest BCUT2D eigenvalue weighted by Crippen LogP contribution is 2.21. The fourth-order valence-electron chi connectivity index (χ4n) is 1.52. The molecule has 0 aliphatic heterocycles. The number of phenolic OH excluding ortho intramolecular Hbond substituents is 1. The number of hydrogen-bond acceptors (Lipinski definition) is 3. The second-order valence-electron chi connectivity index (χ2n) is 4.15. The van der Waals surface area contributed by atoms with E-state index in [1.165, 1.54) is 12.0 Å². The third-order valence-electron chi connectivity index (χ3n) is 2.41. The Bertz CT molecular complexity index is 310. The Labute approximate surface area is 91.5 Å². The Balaban J connectivity index is 2.35. The molecule has 0 aliphatic carbocycles. The maximum absolute atomic E-state index is 9.26. The zero-order valence-corrected chi connectivity index (χ0v) is 9.53. The molecule has 0 amide bonds. The van der Waals surface area contributed by atoms with Crippen molar-refractivity contribution in [2.45, 2.75) is 19.3 Å². The van der Waals surface area contributed by atoms with Crippen molar-refractivity contribution in [1.29, 1.82) is 0 Å². The van der Waals surface area contributed by atoms with Gasteiger partial charge in [-0.1, -0.05) is 6.07 Å². The number of nitrogens with zero attached hydrogens (tertiary/aromatic N) is 1. The van der Waals surface area contributed by atoms with Crippen LogP contribution in [0.3, 0.4) is 0 Å². The van der Waals surface area contributed by atoms with E-state index in [9.17, 15) is 5.11 Å². The molecular formula is C12H20N2O. The van der Waals surface area contributed by atoms with Gasteiger partial charge in [0.15, 0.2) is 0 Å². The van der Waals surface area contributed by atoms with E-state index in [-0.39, 0.29) is 5.75 Å². The fraction of sp³-hybridized carbons (Fsp3) is 0.500. The molecule has 0 saturated heterocycles. The van der Waals surface area contributed by atoms with Crippen LogP contribution in [0.25, 0.3) is 0 Å². The summed E-state index contributed by atoms with van der Waals surface area (Å²) in [6.07, 6.45) is 3.37. The van der Waals surface area contributed by atoms with Gasteiger partial charge in [0.1, 0.15) is 5.75 Å². The van der Waals surface area contributed by atoms with Crippen LogP contribution in [0, 0.1) is 0 Å². The topological polar surface area (TPSA) is 49.5 Å². The Morgan fingerprint density at radius 2 is 2.00 bits per heavy atom. The van der Waals surface area contributed by atoms with Gasteiger partial charge in [-0.2, -0.15) is 0 Å². The third kappa shape index (κ3) is 4.21. The van der Waals surface area contributed by atoms with Crippen LogP contribution in [-0.2, 0) is 6.42 Å². The maximum Gasteiger partial charge on any atom is 0.138 e. The first-order valence-electron chi connectivity index (χ1n) is 5.31.